The van der Waals surface area contributed by atoms with E-state index in [9.17, 15) is 18.0 Å². The number of hydrogen-bond acceptors (Lipinski definition) is 4. The molecular formula is C22H18F3N3O2. The van der Waals surface area contributed by atoms with Crippen molar-refractivity contribution in [2.45, 2.75) is 6.92 Å². The Morgan fingerprint density at radius 2 is 1.87 bits per heavy atom. The quantitative estimate of drug-likeness (QED) is 0.655. The summed E-state index contributed by atoms with van der Waals surface area (Å²) in [5.74, 6) is -3.24. The van der Waals surface area contributed by atoms with E-state index in [1.807, 2.05) is 13.0 Å². The molecule has 0 saturated carbocycles. The summed E-state index contributed by atoms with van der Waals surface area (Å²) in [4.78, 5) is 19.2. The third-order valence-electron chi connectivity index (χ3n) is 5.77. The van der Waals surface area contributed by atoms with Gasteiger partial charge in [-0.1, -0.05) is 18.2 Å². The predicted octanol–water partition coefficient (Wildman–Crippen LogP) is 4.18. The molecule has 2 saturated heterocycles. The Bertz CT molecular complexity index is 1190. The SMILES string of the molecule is Cc1cccc2c(Nc3cc(F)c(F)cc3F)ncc(C(=O)N3CC4(COC4)C3)c12. The molecule has 8 heteroatoms. The Labute approximate surface area is 170 Å². The molecule has 1 amide bonds. The molecule has 2 aliphatic rings. The Kier molecular flexibility index (Phi) is 4.21. The highest BCUT2D eigenvalue weighted by molar-refractivity contribution is 6.11. The van der Waals surface area contributed by atoms with Gasteiger partial charge in [0, 0.05) is 42.2 Å². The molecule has 0 unspecified atom stereocenters. The molecule has 2 aliphatic heterocycles. The van der Waals surface area contributed by atoms with Crippen LogP contribution in [0, 0.1) is 29.8 Å². The largest absolute Gasteiger partial charge is 0.380 e. The Hall–Kier alpha value is -3.13. The minimum Gasteiger partial charge on any atom is -0.380 e. The summed E-state index contributed by atoms with van der Waals surface area (Å²) in [5, 5.41) is 4.01. The number of rotatable bonds is 3. The van der Waals surface area contributed by atoms with Crippen molar-refractivity contribution >= 4 is 28.2 Å². The number of nitrogens with zero attached hydrogens (tertiary/aromatic N) is 2. The lowest BCUT2D eigenvalue weighted by molar-refractivity contribution is -0.176. The van der Waals surface area contributed by atoms with Crippen molar-refractivity contribution in [3.05, 3.63) is 65.1 Å². The van der Waals surface area contributed by atoms with Crippen molar-refractivity contribution in [3.63, 3.8) is 0 Å². The summed E-state index contributed by atoms with van der Waals surface area (Å²) in [6.07, 6.45) is 1.44. The van der Waals surface area contributed by atoms with Crippen LogP contribution in [0.4, 0.5) is 24.7 Å². The number of amides is 1. The zero-order valence-corrected chi connectivity index (χ0v) is 16.1. The van der Waals surface area contributed by atoms with Crippen molar-refractivity contribution in [3.8, 4) is 0 Å². The second-order valence-electron chi connectivity index (χ2n) is 8.04. The predicted molar refractivity (Wildman–Crippen MR) is 105 cm³/mol. The number of likely N-dealkylation sites (tertiary alicyclic amines) is 1. The zero-order valence-electron chi connectivity index (χ0n) is 16.1. The van der Waals surface area contributed by atoms with Gasteiger partial charge in [0.15, 0.2) is 11.6 Å². The van der Waals surface area contributed by atoms with Crippen LogP contribution in [0.1, 0.15) is 15.9 Å². The van der Waals surface area contributed by atoms with Gasteiger partial charge in [0.1, 0.15) is 11.6 Å². The lowest BCUT2D eigenvalue weighted by Crippen LogP contribution is -2.67. The highest BCUT2D eigenvalue weighted by Crippen LogP contribution is 2.39. The third-order valence-corrected chi connectivity index (χ3v) is 5.77. The van der Waals surface area contributed by atoms with Crippen LogP contribution in [0.3, 0.4) is 0 Å². The van der Waals surface area contributed by atoms with E-state index in [2.05, 4.69) is 10.3 Å². The van der Waals surface area contributed by atoms with Crippen LogP contribution >= 0.6 is 0 Å². The maximum atomic E-state index is 14.1. The fraction of sp³-hybridized carbons (Fsp3) is 0.273. The van der Waals surface area contributed by atoms with Crippen molar-refractivity contribution in [1.82, 2.24) is 9.88 Å². The molecule has 154 valence electrons. The minimum atomic E-state index is -1.27. The summed E-state index contributed by atoms with van der Waals surface area (Å²) in [6.45, 7) is 4.53. The third kappa shape index (κ3) is 2.90. The van der Waals surface area contributed by atoms with Gasteiger partial charge < -0.3 is 15.0 Å². The van der Waals surface area contributed by atoms with E-state index in [0.29, 0.717) is 48.7 Å². The van der Waals surface area contributed by atoms with E-state index in [0.717, 1.165) is 11.6 Å². The normalized spacial score (nSPS) is 17.0. The maximum Gasteiger partial charge on any atom is 0.256 e. The zero-order chi connectivity index (χ0) is 21.0. The maximum absolute atomic E-state index is 14.1. The molecule has 30 heavy (non-hydrogen) atoms. The highest BCUT2D eigenvalue weighted by Gasteiger charge is 2.50. The van der Waals surface area contributed by atoms with Gasteiger partial charge in [-0.2, -0.15) is 0 Å². The van der Waals surface area contributed by atoms with Gasteiger partial charge in [-0.05, 0) is 12.5 Å². The number of carbonyl (C=O) groups is 1. The summed E-state index contributed by atoms with van der Waals surface area (Å²) in [7, 11) is 0. The molecule has 2 aromatic carbocycles. The molecule has 1 spiro atoms. The minimum absolute atomic E-state index is 0.0968. The van der Waals surface area contributed by atoms with E-state index in [4.69, 9.17) is 4.74 Å². The van der Waals surface area contributed by atoms with Crippen LogP contribution in [-0.2, 0) is 4.74 Å². The first-order valence-electron chi connectivity index (χ1n) is 9.54. The highest BCUT2D eigenvalue weighted by atomic mass is 19.2. The molecule has 0 bridgehead atoms. The molecule has 5 rings (SSSR count). The molecular weight excluding hydrogens is 395 g/mol. The molecule has 3 heterocycles. The van der Waals surface area contributed by atoms with Crippen LogP contribution in [0.5, 0.6) is 0 Å². The number of carbonyl (C=O) groups excluding carboxylic acids is 1. The van der Waals surface area contributed by atoms with E-state index in [1.54, 1.807) is 17.0 Å². The molecule has 0 aliphatic carbocycles. The second-order valence-corrected chi connectivity index (χ2v) is 8.04. The molecule has 0 atom stereocenters. The summed E-state index contributed by atoms with van der Waals surface area (Å²) in [5.41, 5.74) is 1.17. The van der Waals surface area contributed by atoms with Gasteiger partial charge in [-0.25, -0.2) is 18.2 Å². The average Bonchev–Trinajstić information content (AvgIpc) is 2.64. The van der Waals surface area contributed by atoms with Crippen LogP contribution in [0.2, 0.25) is 0 Å². The van der Waals surface area contributed by atoms with Crippen LogP contribution in [0.15, 0.2) is 36.5 Å². The number of aryl methyl sites for hydroxylation is 1. The molecule has 3 aromatic rings. The first-order chi connectivity index (χ1) is 14.4. The number of aromatic nitrogens is 1. The van der Waals surface area contributed by atoms with Crippen molar-refractivity contribution in [1.29, 1.82) is 0 Å². The molecule has 5 nitrogen and oxygen atoms in total. The Morgan fingerprint density at radius 1 is 1.13 bits per heavy atom. The first kappa shape index (κ1) is 18.9. The fourth-order valence-corrected chi connectivity index (χ4v) is 4.14. The number of fused-ring (bicyclic) bond motifs is 1. The number of anilines is 2. The van der Waals surface area contributed by atoms with E-state index in [-0.39, 0.29) is 22.8 Å². The monoisotopic (exact) mass is 413 g/mol. The smallest absolute Gasteiger partial charge is 0.256 e. The van der Waals surface area contributed by atoms with Crippen LogP contribution in [0.25, 0.3) is 10.8 Å². The van der Waals surface area contributed by atoms with Gasteiger partial charge in [0.05, 0.1) is 29.9 Å². The standard InChI is InChI=1S/C22H18F3N3O2/c1-12-3-2-4-13-19(12)14(21(29)28-8-22(9-28)10-30-11-22)7-26-20(13)27-18-6-16(24)15(23)5-17(18)25/h2-7H,8-11H2,1H3,(H,26,27). The summed E-state index contributed by atoms with van der Waals surface area (Å²) < 4.78 is 46.2. The topological polar surface area (TPSA) is 54.5 Å². The van der Waals surface area contributed by atoms with Gasteiger partial charge in [-0.3, -0.25) is 4.79 Å². The molecule has 2 fully saturated rings. The van der Waals surface area contributed by atoms with Gasteiger partial charge in [-0.15, -0.1) is 0 Å². The Morgan fingerprint density at radius 3 is 2.57 bits per heavy atom. The van der Waals surface area contributed by atoms with E-state index in [1.165, 1.54) is 6.20 Å². The lowest BCUT2D eigenvalue weighted by atomic mass is 9.77. The number of pyridine rings is 1. The average molecular weight is 413 g/mol. The summed E-state index contributed by atoms with van der Waals surface area (Å²) >= 11 is 0. The molecule has 0 radical (unpaired) electrons. The molecule has 1 N–H and O–H groups in total. The van der Waals surface area contributed by atoms with Crippen molar-refractivity contribution in [2.75, 3.05) is 31.6 Å². The van der Waals surface area contributed by atoms with Gasteiger partial charge >= 0.3 is 0 Å². The number of hydrogen-bond donors (Lipinski definition) is 1. The summed E-state index contributed by atoms with van der Waals surface area (Å²) in [6, 6.07) is 6.65. The van der Waals surface area contributed by atoms with Crippen LogP contribution < -0.4 is 5.32 Å². The Balaban J connectivity index is 1.53. The number of benzene rings is 2. The van der Waals surface area contributed by atoms with Crippen molar-refractivity contribution in [2.24, 2.45) is 5.41 Å². The number of halogens is 3. The number of nitrogens with one attached hydrogen (secondary N) is 1. The number of ether oxygens (including phenoxy) is 1. The van der Waals surface area contributed by atoms with Crippen LogP contribution in [-0.4, -0.2) is 42.1 Å². The fourth-order valence-electron chi connectivity index (χ4n) is 4.14. The first-order valence-corrected chi connectivity index (χ1v) is 9.54. The lowest BCUT2D eigenvalue weighted by Gasteiger charge is -2.54. The van der Waals surface area contributed by atoms with E-state index < -0.39 is 17.5 Å². The van der Waals surface area contributed by atoms with Crippen molar-refractivity contribution < 1.29 is 22.7 Å². The van der Waals surface area contributed by atoms with Gasteiger partial charge in [0.25, 0.3) is 5.91 Å². The van der Waals surface area contributed by atoms with E-state index >= 15 is 0 Å². The van der Waals surface area contributed by atoms with Gasteiger partial charge in [0.2, 0.25) is 0 Å². The molecule has 1 aromatic heterocycles. The second kappa shape index (κ2) is 6.70.